The molecule has 1 aromatic heterocycles. The second kappa shape index (κ2) is 6.04. The summed E-state index contributed by atoms with van der Waals surface area (Å²) < 4.78 is 0. The lowest BCUT2D eigenvalue weighted by Crippen LogP contribution is -2.28. The minimum Gasteiger partial charge on any atom is -0.550 e. The number of aromatic nitrogens is 2. The van der Waals surface area contributed by atoms with E-state index in [4.69, 9.17) is 0 Å². The fourth-order valence-corrected chi connectivity index (χ4v) is 1.85. The van der Waals surface area contributed by atoms with E-state index in [1.807, 2.05) is 0 Å². The summed E-state index contributed by atoms with van der Waals surface area (Å²) in [6.07, 6.45) is -0.627. The Bertz CT molecular complexity index is 781. The number of carboxylic acids is 1. The molecule has 2 aromatic rings. The average Bonchev–Trinajstić information content (AvgIpc) is 2.43. The number of rotatable bonds is 5. The minimum absolute atomic E-state index is 0.0719. The van der Waals surface area contributed by atoms with Crippen LogP contribution in [0.15, 0.2) is 29.1 Å². The van der Waals surface area contributed by atoms with E-state index < -0.39 is 28.8 Å². The Morgan fingerprint density at radius 3 is 2.45 bits per heavy atom. The zero-order valence-electron chi connectivity index (χ0n) is 11.1. The lowest BCUT2D eigenvalue weighted by atomic mass is 10.1. The molecule has 2 N–H and O–H groups in total. The second-order valence-corrected chi connectivity index (χ2v) is 4.46. The zero-order chi connectivity index (χ0) is 16.3. The fourth-order valence-electron chi connectivity index (χ4n) is 1.85. The van der Waals surface area contributed by atoms with Gasteiger partial charge in [0.2, 0.25) is 5.88 Å². The van der Waals surface area contributed by atoms with Gasteiger partial charge in [0.25, 0.3) is 11.2 Å². The van der Waals surface area contributed by atoms with E-state index in [1.165, 1.54) is 24.3 Å². The van der Waals surface area contributed by atoms with Gasteiger partial charge >= 0.3 is 0 Å². The highest BCUT2D eigenvalue weighted by Gasteiger charge is 2.12. The van der Waals surface area contributed by atoms with Crippen LogP contribution in [0.5, 0.6) is 5.88 Å². The van der Waals surface area contributed by atoms with Crippen LogP contribution in [-0.2, 0) is 17.6 Å². The highest BCUT2D eigenvalue weighted by atomic mass is 16.6. The number of hydrogen-bond donors (Lipinski definition) is 2. The lowest BCUT2D eigenvalue weighted by molar-refractivity contribution is -0.384. The van der Waals surface area contributed by atoms with Gasteiger partial charge in [0, 0.05) is 30.9 Å². The lowest BCUT2D eigenvalue weighted by Gasteiger charge is -2.06. The van der Waals surface area contributed by atoms with Crippen LogP contribution < -0.4 is 10.7 Å². The maximum atomic E-state index is 11.7. The summed E-state index contributed by atoms with van der Waals surface area (Å²) >= 11 is 0. The number of nitro groups is 1. The maximum Gasteiger partial charge on any atom is 0.269 e. The van der Waals surface area contributed by atoms with Gasteiger partial charge in [-0.05, 0) is 5.56 Å². The largest absolute Gasteiger partial charge is 0.550 e. The minimum atomic E-state index is -1.51. The number of nitrogens with one attached hydrogen (secondary N) is 1. The third-order valence-electron chi connectivity index (χ3n) is 2.88. The number of carbonyl (C=O) groups is 1. The monoisotopic (exact) mass is 304 g/mol. The Balaban J connectivity index is 2.25. The number of H-pyrrole nitrogens is 1. The number of carbonyl (C=O) groups excluding carboxylic acids is 1. The Morgan fingerprint density at radius 2 is 1.95 bits per heavy atom. The van der Waals surface area contributed by atoms with Crippen molar-refractivity contribution < 1.29 is 19.9 Å². The second-order valence-electron chi connectivity index (χ2n) is 4.46. The van der Waals surface area contributed by atoms with Gasteiger partial charge in [0.05, 0.1) is 10.5 Å². The predicted octanol–water partition coefficient (Wildman–Crippen LogP) is -0.733. The van der Waals surface area contributed by atoms with Crippen molar-refractivity contribution in [3.05, 3.63) is 61.7 Å². The molecule has 1 aromatic carbocycles. The normalized spacial score (nSPS) is 10.4. The molecule has 1 heterocycles. The van der Waals surface area contributed by atoms with Crippen LogP contribution in [0.4, 0.5) is 5.69 Å². The summed E-state index contributed by atoms with van der Waals surface area (Å²) in [5.74, 6) is -2.07. The van der Waals surface area contributed by atoms with Crippen molar-refractivity contribution in [3.8, 4) is 5.88 Å². The van der Waals surface area contributed by atoms with Crippen molar-refractivity contribution in [2.24, 2.45) is 0 Å². The number of benzene rings is 1. The molecule has 0 bridgehead atoms. The van der Waals surface area contributed by atoms with Crippen LogP contribution in [0.2, 0.25) is 0 Å². The molecule has 0 unspecified atom stereocenters. The van der Waals surface area contributed by atoms with E-state index in [1.54, 1.807) is 0 Å². The van der Waals surface area contributed by atoms with Gasteiger partial charge in [-0.25, -0.2) is 0 Å². The van der Waals surface area contributed by atoms with Gasteiger partial charge in [-0.3, -0.25) is 14.9 Å². The van der Waals surface area contributed by atoms with Gasteiger partial charge < -0.3 is 20.0 Å². The van der Waals surface area contributed by atoms with Crippen molar-refractivity contribution >= 4 is 11.7 Å². The van der Waals surface area contributed by atoms with Crippen molar-refractivity contribution in [2.45, 2.75) is 12.8 Å². The Hall–Kier alpha value is -3.23. The summed E-state index contributed by atoms with van der Waals surface area (Å²) in [6, 6.07) is 5.59. The van der Waals surface area contributed by atoms with Gasteiger partial charge in [-0.2, -0.15) is 4.98 Å². The molecular weight excluding hydrogens is 294 g/mol. The molecule has 9 nitrogen and oxygen atoms in total. The molecule has 2 rings (SSSR count). The maximum absolute atomic E-state index is 11.7. The van der Waals surface area contributed by atoms with Crippen molar-refractivity contribution in [2.75, 3.05) is 0 Å². The molecule has 0 radical (unpaired) electrons. The van der Waals surface area contributed by atoms with Crippen LogP contribution in [0.1, 0.15) is 17.0 Å². The van der Waals surface area contributed by atoms with Crippen LogP contribution >= 0.6 is 0 Å². The van der Waals surface area contributed by atoms with Gasteiger partial charge in [0.1, 0.15) is 5.82 Å². The number of aliphatic carboxylic acids is 1. The van der Waals surface area contributed by atoms with Crippen LogP contribution in [0.3, 0.4) is 0 Å². The topological polar surface area (TPSA) is 149 Å². The van der Waals surface area contributed by atoms with Gasteiger partial charge in [-0.1, -0.05) is 12.1 Å². The van der Waals surface area contributed by atoms with Gasteiger partial charge in [-0.15, -0.1) is 0 Å². The number of non-ortho nitro benzene ring substituents is 1. The molecule has 0 aliphatic rings. The first-order valence-corrected chi connectivity index (χ1v) is 6.11. The molecule has 9 heteroatoms. The average molecular weight is 304 g/mol. The first-order valence-electron chi connectivity index (χ1n) is 6.11. The Labute approximate surface area is 123 Å². The summed E-state index contributed by atoms with van der Waals surface area (Å²) in [5.41, 5.74) is -0.598. The molecule has 0 spiro atoms. The highest BCUT2D eigenvalue weighted by Crippen LogP contribution is 2.15. The van der Waals surface area contributed by atoms with Crippen LogP contribution in [0, 0.1) is 10.1 Å². The Morgan fingerprint density at radius 1 is 1.32 bits per heavy atom. The summed E-state index contributed by atoms with van der Waals surface area (Å²) in [7, 11) is 0. The highest BCUT2D eigenvalue weighted by molar-refractivity contribution is 5.68. The standard InChI is InChI=1S/C13H11N3O6/c17-11(18)6-9-12(19)14-10(15-13(9)20)5-7-1-3-8(4-2-7)16(21)22/h1-4H,5-6H2,(H,17,18)(H2,14,15,19,20)/p-1. The summed E-state index contributed by atoms with van der Waals surface area (Å²) in [6.45, 7) is 0. The first kappa shape index (κ1) is 15.2. The van der Waals surface area contributed by atoms with E-state index >= 15 is 0 Å². The van der Waals surface area contributed by atoms with E-state index in [0.29, 0.717) is 5.56 Å². The number of nitro benzene ring substituents is 1. The molecule has 0 atom stereocenters. The van der Waals surface area contributed by atoms with Crippen molar-refractivity contribution in [3.63, 3.8) is 0 Å². The summed E-state index contributed by atoms with van der Waals surface area (Å²) in [4.78, 5) is 38.3. The van der Waals surface area contributed by atoms with E-state index in [0.717, 1.165) is 0 Å². The third-order valence-corrected chi connectivity index (χ3v) is 2.88. The molecule has 0 aliphatic carbocycles. The molecule has 0 fully saturated rings. The first-order chi connectivity index (χ1) is 10.4. The number of aromatic amines is 1. The quantitative estimate of drug-likeness (QED) is 0.546. The molecule has 0 saturated carbocycles. The third kappa shape index (κ3) is 3.45. The van der Waals surface area contributed by atoms with E-state index in [9.17, 15) is 29.9 Å². The SMILES string of the molecule is O=C([O-])Cc1c(O)nc(Cc2ccc([N+](=O)[O-])cc2)[nH]c1=O. The number of hydrogen-bond acceptors (Lipinski definition) is 7. The van der Waals surface area contributed by atoms with E-state index in [-0.39, 0.29) is 23.5 Å². The number of nitrogens with zero attached hydrogens (tertiary/aromatic N) is 2. The number of aromatic hydroxyl groups is 1. The molecule has 114 valence electrons. The van der Waals surface area contributed by atoms with Gasteiger partial charge in [0.15, 0.2) is 0 Å². The fraction of sp³-hybridized carbons (Fsp3) is 0.154. The van der Waals surface area contributed by atoms with Crippen LogP contribution in [0.25, 0.3) is 0 Å². The smallest absolute Gasteiger partial charge is 0.269 e. The predicted molar refractivity (Wildman–Crippen MR) is 71.1 cm³/mol. The molecule has 22 heavy (non-hydrogen) atoms. The van der Waals surface area contributed by atoms with Crippen molar-refractivity contribution in [1.82, 2.24) is 9.97 Å². The summed E-state index contributed by atoms with van der Waals surface area (Å²) in [5, 5.41) is 30.6. The molecule has 0 amide bonds. The van der Waals surface area contributed by atoms with E-state index in [2.05, 4.69) is 9.97 Å². The molecular formula is C13H10N3O6-. The Kier molecular flexibility index (Phi) is 4.16. The van der Waals surface area contributed by atoms with Crippen LogP contribution in [-0.4, -0.2) is 26.0 Å². The zero-order valence-corrected chi connectivity index (χ0v) is 11.1. The molecule has 0 aliphatic heterocycles. The van der Waals surface area contributed by atoms with Crippen molar-refractivity contribution in [1.29, 1.82) is 0 Å². The molecule has 0 saturated heterocycles. The number of carboxylic acid groups (broad SMARTS) is 1.